The molecule has 0 unspecified atom stereocenters. The van der Waals surface area contributed by atoms with Crippen molar-refractivity contribution < 1.29 is 17.8 Å². The van der Waals surface area contributed by atoms with Crippen LogP contribution in [0.1, 0.15) is 5.56 Å². The summed E-state index contributed by atoms with van der Waals surface area (Å²) in [6.07, 6.45) is 1.80. The highest BCUT2D eigenvalue weighted by Crippen LogP contribution is 2.09. The number of carbonyl (C=O) groups excluding carboxylic acids is 1. The number of hydrogen-bond donors (Lipinski definition) is 1. The molecule has 0 aliphatic heterocycles. The molecule has 1 aromatic carbocycles. The fourth-order valence-corrected chi connectivity index (χ4v) is 1.34. The first-order valence-electron chi connectivity index (χ1n) is 3.45. The van der Waals surface area contributed by atoms with Gasteiger partial charge in [-0.3, -0.25) is 9.35 Å². The van der Waals surface area contributed by atoms with Crippen LogP contribution >= 0.6 is 0 Å². The smallest absolute Gasteiger partial charge is 0.291 e. The molecule has 0 fully saturated rings. The second kappa shape index (κ2) is 3.68. The molecule has 5 heteroatoms. The Labute approximate surface area is 76.0 Å². The summed E-state index contributed by atoms with van der Waals surface area (Å²) >= 11 is 0. The van der Waals surface area contributed by atoms with Gasteiger partial charge in [-0.15, -0.1) is 0 Å². The zero-order valence-electron chi connectivity index (χ0n) is 6.60. The van der Waals surface area contributed by atoms with E-state index in [9.17, 15) is 13.2 Å². The Bertz CT molecular complexity index is 391. The van der Waals surface area contributed by atoms with E-state index >= 15 is 0 Å². The van der Waals surface area contributed by atoms with E-state index in [-0.39, 0.29) is 11.3 Å². The molecule has 0 saturated carbocycles. The van der Waals surface area contributed by atoms with E-state index in [1.807, 2.05) is 0 Å². The minimum atomic E-state index is -4.13. The van der Waals surface area contributed by atoms with Gasteiger partial charge in [0.1, 0.15) is 0 Å². The Morgan fingerprint density at radius 2 is 1.77 bits per heavy atom. The fraction of sp³-hybridized carbons (Fsp3) is 0.125. The van der Waals surface area contributed by atoms with Crippen LogP contribution in [0, 0.1) is 0 Å². The Morgan fingerprint density at radius 1 is 1.23 bits per heavy atom. The summed E-state index contributed by atoms with van der Waals surface area (Å²) < 4.78 is 29.8. The Morgan fingerprint density at radius 3 is 2.15 bits per heavy atom. The van der Waals surface area contributed by atoms with Gasteiger partial charge in [-0.2, -0.15) is 8.42 Å². The van der Waals surface area contributed by atoms with E-state index in [0.29, 0.717) is 5.56 Å². The van der Waals surface area contributed by atoms with Crippen molar-refractivity contribution in [1.82, 2.24) is 0 Å². The third-order valence-corrected chi connectivity index (χ3v) is 2.37. The highest BCUT2D eigenvalue weighted by atomic mass is 32.2. The average Bonchev–Trinajstić information content (AvgIpc) is 2.04. The van der Waals surface area contributed by atoms with E-state index in [2.05, 4.69) is 0 Å². The molecule has 1 N–H and O–H groups in total. The maximum Gasteiger partial charge on any atom is 0.294 e. The van der Waals surface area contributed by atoms with Crippen LogP contribution in [-0.4, -0.2) is 19.3 Å². The minimum absolute atomic E-state index is 0.117. The average molecular weight is 199 g/mol. The lowest BCUT2D eigenvalue weighted by molar-refractivity contribution is 0.483. The van der Waals surface area contributed by atoms with Gasteiger partial charge in [0, 0.05) is 6.42 Å². The lowest BCUT2D eigenvalue weighted by Gasteiger charge is -1.97. The zero-order valence-corrected chi connectivity index (χ0v) is 7.41. The first kappa shape index (κ1) is 9.88. The zero-order chi connectivity index (χ0) is 9.90. The van der Waals surface area contributed by atoms with Gasteiger partial charge < -0.3 is 0 Å². The van der Waals surface area contributed by atoms with Crippen LogP contribution in [-0.2, 0) is 21.3 Å². The van der Waals surface area contributed by atoms with Gasteiger partial charge >= 0.3 is 0 Å². The fourth-order valence-electron chi connectivity index (χ4n) is 0.863. The maximum absolute atomic E-state index is 10.6. The molecule has 0 amide bonds. The van der Waals surface area contributed by atoms with Crippen LogP contribution < -0.4 is 0 Å². The lowest BCUT2D eigenvalue weighted by Crippen LogP contribution is -1.97. The van der Waals surface area contributed by atoms with Crippen LogP contribution in [0.25, 0.3) is 0 Å². The Kier molecular flexibility index (Phi) is 2.79. The quantitative estimate of drug-likeness (QED) is 0.723. The molecule has 13 heavy (non-hydrogen) atoms. The molecule has 0 heterocycles. The summed E-state index contributed by atoms with van der Waals surface area (Å²) in [7, 11) is -4.13. The number of benzene rings is 1. The molecule has 1 aromatic rings. The third kappa shape index (κ3) is 2.64. The Balaban J connectivity index is 3.01. The number of hydrogen-bond acceptors (Lipinski definition) is 3. The first-order valence-corrected chi connectivity index (χ1v) is 4.89. The van der Waals surface area contributed by atoms with E-state index in [4.69, 9.17) is 4.55 Å². The van der Waals surface area contributed by atoms with Crippen LogP contribution in [0.4, 0.5) is 0 Å². The first-order chi connectivity index (χ1) is 6.04. The van der Waals surface area contributed by atoms with Gasteiger partial charge in [0.25, 0.3) is 10.1 Å². The SMILES string of the molecule is O=[C]Cc1ccc(S(=O)(=O)O)cc1. The van der Waals surface area contributed by atoms with E-state index < -0.39 is 10.1 Å². The molecule has 0 aromatic heterocycles. The van der Waals surface area contributed by atoms with E-state index in [0.717, 1.165) is 0 Å². The van der Waals surface area contributed by atoms with Crippen LogP contribution in [0.5, 0.6) is 0 Å². The molecule has 0 atom stereocenters. The summed E-state index contributed by atoms with van der Waals surface area (Å²) in [5.74, 6) is 0. The Hall–Kier alpha value is -1.20. The van der Waals surface area contributed by atoms with E-state index in [1.165, 1.54) is 24.3 Å². The molecule has 0 saturated heterocycles. The summed E-state index contributed by atoms with van der Waals surface area (Å²) in [5, 5.41) is 0. The predicted molar refractivity (Wildman–Crippen MR) is 45.7 cm³/mol. The normalized spacial score (nSPS) is 11.2. The molecule has 0 bridgehead atoms. The monoisotopic (exact) mass is 199 g/mol. The summed E-state index contributed by atoms with van der Waals surface area (Å²) in [6, 6.07) is 5.38. The minimum Gasteiger partial charge on any atom is -0.291 e. The largest absolute Gasteiger partial charge is 0.294 e. The molecule has 4 nitrogen and oxygen atoms in total. The van der Waals surface area contributed by atoms with Crippen molar-refractivity contribution in [1.29, 1.82) is 0 Å². The van der Waals surface area contributed by atoms with Gasteiger partial charge in [0.05, 0.1) is 4.90 Å². The van der Waals surface area contributed by atoms with Crippen molar-refractivity contribution in [2.45, 2.75) is 11.3 Å². The second-order valence-electron chi connectivity index (χ2n) is 2.44. The standard InChI is InChI=1S/C8H7O4S/c9-6-5-7-1-3-8(4-2-7)13(10,11)12/h1-4H,5H2,(H,10,11,12). The molecule has 0 aliphatic carbocycles. The molecular weight excluding hydrogens is 192 g/mol. The van der Waals surface area contributed by atoms with Crippen molar-refractivity contribution in [3.05, 3.63) is 29.8 Å². The molecule has 1 radical (unpaired) electrons. The van der Waals surface area contributed by atoms with E-state index in [1.54, 1.807) is 6.29 Å². The summed E-state index contributed by atoms with van der Waals surface area (Å²) in [4.78, 5) is 9.78. The lowest BCUT2D eigenvalue weighted by atomic mass is 10.2. The highest BCUT2D eigenvalue weighted by molar-refractivity contribution is 7.85. The van der Waals surface area contributed by atoms with Crippen molar-refractivity contribution in [3.8, 4) is 0 Å². The van der Waals surface area contributed by atoms with Gasteiger partial charge in [-0.05, 0) is 17.7 Å². The van der Waals surface area contributed by atoms with Crippen LogP contribution in [0.15, 0.2) is 29.2 Å². The summed E-state index contributed by atoms with van der Waals surface area (Å²) in [6.45, 7) is 0. The van der Waals surface area contributed by atoms with Crippen molar-refractivity contribution in [2.24, 2.45) is 0 Å². The predicted octanol–water partition coefficient (Wildman–Crippen LogP) is 0.586. The van der Waals surface area contributed by atoms with Gasteiger partial charge in [0.15, 0.2) is 0 Å². The summed E-state index contributed by atoms with van der Waals surface area (Å²) in [5.41, 5.74) is 0.655. The van der Waals surface area contributed by atoms with Gasteiger partial charge in [-0.1, -0.05) is 12.1 Å². The van der Waals surface area contributed by atoms with Crippen LogP contribution in [0.2, 0.25) is 0 Å². The third-order valence-electron chi connectivity index (χ3n) is 1.50. The van der Waals surface area contributed by atoms with Gasteiger partial charge in [0.2, 0.25) is 6.29 Å². The molecular formula is C8H7O4S. The van der Waals surface area contributed by atoms with Crippen molar-refractivity contribution in [2.75, 3.05) is 0 Å². The van der Waals surface area contributed by atoms with Crippen LogP contribution in [0.3, 0.4) is 0 Å². The van der Waals surface area contributed by atoms with Crippen molar-refractivity contribution >= 4 is 16.4 Å². The maximum atomic E-state index is 10.6. The van der Waals surface area contributed by atoms with Crippen molar-refractivity contribution in [3.63, 3.8) is 0 Å². The second-order valence-corrected chi connectivity index (χ2v) is 3.86. The molecule has 0 spiro atoms. The highest BCUT2D eigenvalue weighted by Gasteiger charge is 2.07. The topological polar surface area (TPSA) is 71.4 Å². The molecule has 0 aliphatic rings. The number of rotatable bonds is 3. The van der Waals surface area contributed by atoms with Gasteiger partial charge in [-0.25, -0.2) is 0 Å². The molecule has 1 rings (SSSR count). The molecule has 69 valence electrons.